The highest BCUT2D eigenvalue weighted by atomic mass is 32.1. The van der Waals surface area contributed by atoms with Crippen molar-refractivity contribution in [3.8, 4) is 23.2 Å². The van der Waals surface area contributed by atoms with Crippen LogP contribution in [0, 0.1) is 34.3 Å². The molecule has 3 aliphatic heterocycles. The van der Waals surface area contributed by atoms with E-state index < -0.39 is 57.8 Å². The van der Waals surface area contributed by atoms with Crippen molar-refractivity contribution in [1.29, 1.82) is 5.26 Å². The SMILES string of the molecule is CCN1CC[C@H](C(F)F)[C@](C)(COc2nc(N3C[C@H]4CC[C@@H](C3)N4)c3cc(F)c(-c4c(C(F)(F)F)ccc5sc(N)c(C#N)c45)c(F)c3n2)C1. The van der Waals surface area contributed by atoms with E-state index in [0.717, 1.165) is 36.3 Å². The Morgan fingerprint density at radius 3 is 2.50 bits per heavy atom. The van der Waals surface area contributed by atoms with Gasteiger partial charge in [0.2, 0.25) is 6.43 Å². The van der Waals surface area contributed by atoms with Crippen LogP contribution < -0.4 is 20.7 Å². The van der Waals surface area contributed by atoms with Crippen LogP contribution in [0.5, 0.6) is 6.01 Å². The number of thiophene rings is 1. The Bertz CT molecular complexity index is 2000. The number of piperazine rings is 1. The summed E-state index contributed by atoms with van der Waals surface area (Å²) >= 11 is 0.828. The number of halogens is 7. The third kappa shape index (κ3) is 5.86. The molecule has 0 saturated carbocycles. The first-order valence-electron chi connectivity index (χ1n) is 16.4. The molecule has 0 radical (unpaired) electrons. The first kappa shape index (κ1) is 34.5. The molecule has 3 N–H and O–H groups in total. The minimum atomic E-state index is -5.06. The molecule has 0 aliphatic carbocycles. The second kappa shape index (κ2) is 12.7. The van der Waals surface area contributed by atoms with Crippen molar-refractivity contribution in [2.45, 2.75) is 57.8 Å². The highest BCUT2D eigenvalue weighted by molar-refractivity contribution is 7.23. The van der Waals surface area contributed by atoms with Gasteiger partial charge in [0.25, 0.3) is 0 Å². The normalized spacial score (nSPS) is 24.4. The number of benzene rings is 2. The molecular weight excluding hydrogens is 687 g/mol. The number of nitriles is 1. The zero-order valence-electron chi connectivity index (χ0n) is 27.2. The Balaban J connectivity index is 1.42. The van der Waals surface area contributed by atoms with Gasteiger partial charge >= 0.3 is 12.2 Å². The summed E-state index contributed by atoms with van der Waals surface area (Å²) in [7, 11) is 0. The number of alkyl halides is 5. The largest absolute Gasteiger partial charge is 0.463 e. The molecule has 2 aromatic carbocycles. The van der Waals surface area contributed by atoms with Crippen molar-refractivity contribution >= 4 is 43.1 Å². The van der Waals surface area contributed by atoms with Crippen LogP contribution in [0.3, 0.4) is 0 Å². The Labute approximate surface area is 287 Å². The molecule has 3 fully saturated rings. The summed E-state index contributed by atoms with van der Waals surface area (Å²) in [5, 5.41) is 12.8. The lowest BCUT2D eigenvalue weighted by Crippen LogP contribution is -2.52. The highest BCUT2D eigenvalue weighted by Crippen LogP contribution is 2.49. The molecule has 8 nitrogen and oxygen atoms in total. The molecule has 4 atom stereocenters. The topological polar surface area (TPSA) is 103 Å². The van der Waals surface area contributed by atoms with Crippen LogP contribution in [-0.2, 0) is 6.18 Å². The molecule has 16 heteroatoms. The standard InChI is InChI=1S/C34H34F7N7OS/c1-3-47-9-8-21(29(37)38)33(2,14-47)15-49-32-45-28-18(31(46-32)48-12-16-4-5-17(13-48)44-16)10-22(35)26(27(28)36)25-20(34(39,40)41)6-7-23-24(25)19(11-42)30(43)50-23/h6-7,10,16-17,21,29,44H,3-5,8-9,12-15,43H2,1-2H3/t16-,17+,21-,33+/m1/s1. The van der Waals surface area contributed by atoms with Crippen LogP contribution in [-0.4, -0.2) is 72.7 Å². The van der Waals surface area contributed by atoms with Gasteiger partial charge in [-0.25, -0.2) is 17.6 Å². The average Bonchev–Trinajstić information content (AvgIpc) is 3.58. The Morgan fingerprint density at radius 2 is 1.86 bits per heavy atom. The predicted octanol–water partition coefficient (Wildman–Crippen LogP) is 7.19. The first-order valence-corrected chi connectivity index (χ1v) is 17.2. The van der Waals surface area contributed by atoms with Gasteiger partial charge in [-0.2, -0.15) is 28.4 Å². The molecule has 266 valence electrons. The van der Waals surface area contributed by atoms with Gasteiger partial charge in [-0.05, 0) is 50.6 Å². The number of nitrogen functional groups attached to an aromatic ring is 1. The number of nitrogens with zero attached hydrogens (tertiary/aromatic N) is 5. The van der Waals surface area contributed by atoms with Gasteiger partial charge in [-0.15, -0.1) is 11.3 Å². The summed E-state index contributed by atoms with van der Waals surface area (Å²) in [6.07, 6.45) is -5.70. The first-order chi connectivity index (χ1) is 23.7. The molecule has 3 aliphatic rings. The molecule has 0 amide bonds. The molecule has 4 aromatic rings. The second-order valence-corrected chi connectivity index (χ2v) is 14.8. The summed E-state index contributed by atoms with van der Waals surface area (Å²) < 4.78 is 112. The average molecular weight is 722 g/mol. The van der Waals surface area contributed by atoms with E-state index in [2.05, 4.69) is 15.3 Å². The Hall–Kier alpha value is -3.94. The summed E-state index contributed by atoms with van der Waals surface area (Å²) in [5.74, 6) is -3.61. The van der Waals surface area contributed by atoms with Crippen LogP contribution in [0.15, 0.2) is 18.2 Å². The molecule has 50 heavy (non-hydrogen) atoms. The number of fused-ring (bicyclic) bond motifs is 4. The summed E-state index contributed by atoms with van der Waals surface area (Å²) in [6, 6.07) is 4.29. The molecular formula is C34H34F7N7OS. The third-order valence-electron chi connectivity index (χ3n) is 10.4. The molecule has 2 bridgehead atoms. The number of anilines is 2. The van der Waals surface area contributed by atoms with Crippen LogP contribution in [0.2, 0.25) is 0 Å². The number of ether oxygens (including phenoxy) is 1. The van der Waals surface area contributed by atoms with Gasteiger partial charge in [0.15, 0.2) is 5.82 Å². The van der Waals surface area contributed by atoms with Crippen LogP contribution in [0.4, 0.5) is 41.6 Å². The van der Waals surface area contributed by atoms with Crippen molar-refractivity contribution in [2.24, 2.45) is 11.3 Å². The van der Waals surface area contributed by atoms with Gasteiger partial charge in [0.1, 0.15) is 28.2 Å². The lowest BCUT2D eigenvalue weighted by atomic mass is 9.73. The van der Waals surface area contributed by atoms with Crippen LogP contribution in [0.25, 0.3) is 32.1 Å². The predicted molar refractivity (Wildman–Crippen MR) is 176 cm³/mol. The lowest BCUT2D eigenvalue weighted by molar-refractivity contribution is -0.137. The molecule has 7 rings (SSSR count). The van der Waals surface area contributed by atoms with E-state index in [9.17, 15) is 27.2 Å². The number of piperidine rings is 1. The van der Waals surface area contributed by atoms with Gasteiger partial charge in [0.05, 0.1) is 23.3 Å². The quantitative estimate of drug-likeness (QED) is 0.194. The Kier molecular flexibility index (Phi) is 8.75. The van der Waals surface area contributed by atoms with Gasteiger partial charge in [-0.3, -0.25) is 0 Å². The van der Waals surface area contributed by atoms with E-state index in [-0.39, 0.29) is 63.0 Å². The maximum Gasteiger partial charge on any atom is 0.417 e. The zero-order chi connectivity index (χ0) is 35.7. The van der Waals surface area contributed by atoms with Crippen LogP contribution in [0.1, 0.15) is 44.2 Å². The number of rotatable bonds is 7. The third-order valence-corrected chi connectivity index (χ3v) is 11.4. The molecule has 2 aromatic heterocycles. The fourth-order valence-electron chi connectivity index (χ4n) is 7.94. The number of nitrogens with two attached hydrogens (primary N) is 1. The van der Waals surface area contributed by atoms with E-state index in [0.29, 0.717) is 38.8 Å². The molecule has 0 unspecified atom stereocenters. The Morgan fingerprint density at radius 1 is 1.14 bits per heavy atom. The van der Waals surface area contributed by atoms with E-state index >= 15 is 8.78 Å². The number of aromatic nitrogens is 2. The fourth-order valence-corrected chi connectivity index (χ4v) is 8.87. The lowest BCUT2D eigenvalue weighted by Gasteiger charge is -2.45. The van der Waals surface area contributed by atoms with Crippen LogP contribution >= 0.6 is 11.3 Å². The number of likely N-dealkylation sites (tertiary alicyclic amines) is 1. The molecule has 3 saturated heterocycles. The fraction of sp³-hybridized carbons (Fsp3) is 0.500. The van der Waals surface area contributed by atoms with E-state index in [1.807, 2.05) is 16.7 Å². The minimum absolute atomic E-state index is 0.0745. The van der Waals surface area contributed by atoms with Gasteiger partial charge < -0.3 is 25.6 Å². The molecule has 0 spiro atoms. The highest BCUT2D eigenvalue weighted by Gasteiger charge is 2.45. The van der Waals surface area contributed by atoms with E-state index in [4.69, 9.17) is 10.5 Å². The van der Waals surface area contributed by atoms with Crippen molar-refractivity contribution in [3.63, 3.8) is 0 Å². The van der Waals surface area contributed by atoms with Crippen molar-refractivity contribution < 1.29 is 35.5 Å². The van der Waals surface area contributed by atoms with Crippen molar-refractivity contribution in [3.05, 3.63) is 41.0 Å². The summed E-state index contributed by atoms with van der Waals surface area (Å²) in [6.45, 7) is 5.68. The van der Waals surface area contributed by atoms with Crippen molar-refractivity contribution in [2.75, 3.05) is 50.0 Å². The summed E-state index contributed by atoms with van der Waals surface area (Å²) in [4.78, 5) is 12.7. The van der Waals surface area contributed by atoms with Crippen molar-refractivity contribution in [1.82, 2.24) is 20.2 Å². The van der Waals surface area contributed by atoms with Gasteiger partial charge in [0, 0.05) is 64.1 Å². The number of hydrogen-bond acceptors (Lipinski definition) is 9. The maximum atomic E-state index is 17.0. The smallest absolute Gasteiger partial charge is 0.417 e. The summed E-state index contributed by atoms with van der Waals surface area (Å²) in [5.41, 5.74) is 0.840. The number of hydrogen-bond donors (Lipinski definition) is 2. The van der Waals surface area contributed by atoms with E-state index in [1.54, 1.807) is 13.0 Å². The minimum Gasteiger partial charge on any atom is -0.463 e. The van der Waals surface area contributed by atoms with Gasteiger partial charge in [-0.1, -0.05) is 13.8 Å². The maximum absolute atomic E-state index is 17.0. The zero-order valence-corrected chi connectivity index (χ0v) is 28.0. The monoisotopic (exact) mass is 721 g/mol. The number of nitrogens with one attached hydrogen (secondary N) is 1. The van der Waals surface area contributed by atoms with E-state index in [1.165, 1.54) is 0 Å². The molecule has 5 heterocycles. The second-order valence-electron chi connectivity index (χ2n) is 13.7.